The minimum atomic E-state index is -0.879. The van der Waals surface area contributed by atoms with Gasteiger partial charge >= 0.3 is 6.09 Å². The Morgan fingerprint density at radius 1 is 1.26 bits per heavy atom. The average Bonchev–Trinajstić information content (AvgIpc) is 2.66. The first-order valence-corrected chi connectivity index (χ1v) is 9.80. The number of nitrogens with zero attached hydrogens (tertiary/aromatic N) is 1. The molecule has 0 aliphatic carbocycles. The molecule has 0 radical (unpaired) electrons. The van der Waals surface area contributed by atoms with Crippen LogP contribution in [0.2, 0.25) is 0 Å². The molecule has 1 aliphatic rings. The summed E-state index contributed by atoms with van der Waals surface area (Å²) >= 11 is 3.32. The Kier molecular flexibility index (Phi) is 6.17. The van der Waals surface area contributed by atoms with E-state index in [0.717, 1.165) is 11.1 Å². The lowest BCUT2D eigenvalue weighted by Gasteiger charge is -2.41. The number of benzene rings is 2. The van der Waals surface area contributed by atoms with Gasteiger partial charge in [0, 0.05) is 23.0 Å². The molecule has 2 aromatic carbocycles. The number of halogens is 2. The Hall–Kier alpha value is -1.92. The van der Waals surface area contributed by atoms with Gasteiger partial charge in [0.25, 0.3) is 0 Å². The number of carbonyl (C=O) groups is 1. The van der Waals surface area contributed by atoms with Crippen LogP contribution in [0.1, 0.15) is 37.0 Å². The summed E-state index contributed by atoms with van der Waals surface area (Å²) in [5.41, 5.74) is 1.68. The van der Waals surface area contributed by atoms with Gasteiger partial charge in [-0.3, -0.25) is 0 Å². The second-order valence-corrected chi connectivity index (χ2v) is 7.99. The summed E-state index contributed by atoms with van der Waals surface area (Å²) in [6.45, 7) is 3.33. The second-order valence-electron chi connectivity index (χ2n) is 7.07. The number of amides is 1. The fourth-order valence-electron chi connectivity index (χ4n) is 3.62. The maximum absolute atomic E-state index is 13.7. The van der Waals surface area contributed by atoms with E-state index >= 15 is 0 Å². The van der Waals surface area contributed by atoms with E-state index in [0.29, 0.717) is 37.0 Å². The minimum Gasteiger partial charge on any atom is -0.465 e. The van der Waals surface area contributed by atoms with Crippen LogP contribution in [0, 0.1) is 5.82 Å². The molecule has 1 aliphatic heterocycles. The van der Waals surface area contributed by atoms with E-state index in [1.54, 1.807) is 0 Å². The van der Waals surface area contributed by atoms with Crippen molar-refractivity contribution in [1.82, 2.24) is 4.90 Å². The predicted octanol–water partition coefficient (Wildman–Crippen LogP) is 5.38. The first kappa shape index (κ1) is 19.8. The van der Waals surface area contributed by atoms with Gasteiger partial charge in [0.1, 0.15) is 5.82 Å². The third kappa shape index (κ3) is 4.68. The van der Waals surface area contributed by atoms with Crippen LogP contribution in [0.25, 0.3) is 0 Å². The molecular formula is C21H23BrFNO3. The predicted molar refractivity (Wildman–Crippen MR) is 105 cm³/mol. The van der Waals surface area contributed by atoms with Crippen LogP contribution in [0.15, 0.2) is 53.0 Å². The quantitative estimate of drug-likeness (QED) is 0.685. The van der Waals surface area contributed by atoms with Crippen molar-refractivity contribution in [2.45, 2.75) is 31.3 Å². The first-order valence-electron chi connectivity index (χ1n) is 9.01. The maximum atomic E-state index is 13.7. The zero-order valence-corrected chi connectivity index (χ0v) is 16.8. The summed E-state index contributed by atoms with van der Waals surface area (Å²) in [7, 11) is 0. The average molecular weight is 436 g/mol. The summed E-state index contributed by atoms with van der Waals surface area (Å²) in [6.07, 6.45) is 0.247. The largest absolute Gasteiger partial charge is 0.465 e. The Morgan fingerprint density at radius 3 is 2.52 bits per heavy atom. The van der Waals surface area contributed by atoms with E-state index < -0.39 is 6.09 Å². The molecule has 2 aromatic rings. The number of likely N-dealkylation sites (tertiary alicyclic amines) is 1. The van der Waals surface area contributed by atoms with Gasteiger partial charge in [-0.25, -0.2) is 9.18 Å². The molecule has 3 rings (SSSR count). The van der Waals surface area contributed by atoms with Crippen LogP contribution < -0.4 is 0 Å². The van der Waals surface area contributed by atoms with E-state index in [1.807, 2.05) is 31.2 Å². The summed E-state index contributed by atoms with van der Waals surface area (Å²) in [5.74, 6) is -0.303. The maximum Gasteiger partial charge on any atom is 0.407 e. The fraction of sp³-hybridized carbons (Fsp3) is 0.381. The van der Waals surface area contributed by atoms with E-state index in [-0.39, 0.29) is 17.3 Å². The lowest BCUT2D eigenvalue weighted by molar-refractivity contribution is 0.00495. The zero-order valence-electron chi connectivity index (χ0n) is 15.2. The summed E-state index contributed by atoms with van der Waals surface area (Å²) in [6, 6.07) is 14.9. The van der Waals surface area contributed by atoms with E-state index in [1.165, 1.54) is 17.0 Å². The molecule has 1 saturated heterocycles. The van der Waals surface area contributed by atoms with Crippen molar-refractivity contribution in [2.24, 2.45) is 0 Å². The van der Waals surface area contributed by atoms with Gasteiger partial charge in [-0.1, -0.05) is 46.3 Å². The van der Waals surface area contributed by atoms with Crippen LogP contribution in [0.4, 0.5) is 9.18 Å². The summed E-state index contributed by atoms with van der Waals surface area (Å²) in [4.78, 5) is 12.7. The van der Waals surface area contributed by atoms with Gasteiger partial charge in [0.15, 0.2) is 0 Å². The molecule has 0 saturated carbocycles. The SMILES string of the molecule is CC(OCC1(c2ccccc2)CCN(C(=O)O)CC1)c1cc(F)cc(Br)c1. The number of hydrogen-bond donors (Lipinski definition) is 1. The molecule has 1 fully saturated rings. The number of carboxylic acid groups (broad SMARTS) is 1. The number of piperidine rings is 1. The first-order chi connectivity index (χ1) is 12.9. The zero-order chi connectivity index (χ0) is 19.4. The van der Waals surface area contributed by atoms with Crippen LogP contribution in [0.3, 0.4) is 0 Å². The van der Waals surface area contributed by atoms with Crippen molar-refractivity contribution >= 4 is 22.0 Å². The molecule has 1 unspecified atom stereocenters. The topological polar surface area (TPSA) is 49.8 Å². The third-order valence-electron chi connectivity index (χ3n) is 5.34. The van der Waals surface area contributed by atoms with Crippen LogP contribution in [0.5, 0.6) is 0 Å². The standard InChI is InChI=1S/C21H23BrFNO3/c1-15(16-11-18(22)13-19(23)12-16)27-14-21(17-5-3-2-4-6-17)7-9-24(10-8-21)20(25)26/h2-6,11-13,15H,7-10,14H2,1H3,(H,25,26). The van der Waals surface area contributed by atoms with Crippen molar-refractivity contribution in [3.8, 4) is 0 Å². The van der Waals surface area contributed by atoms with Crippen molar-refractivity contribution in [2.75, 3.05) is 19.7 Å². The van der Waals surface area contributed by atoms with Gasteiger partial charge in [-0.15, -0.1) is 0 Å². The lowest BCUT2D eigenvalue weighted by atomic mass is 9.73. The van der Waals surface area contributed by atoms with E-state index in [4.69, 9.17) is 4.74 Å². The van der Waals surface area contributed by atoms with Crippen LogP contribution in [-0.4, -0.2) is 35.8 Å². The van der Waals surface area contributed by atoms with Gasteiger partial charge in [0.05, 0.1) is 12.7 Å². The highest BCUT2D eigenvalue weighted by molar-refractivity contribution is 9.10. The molecule has 4 nitrogen and oxygen atoms in total. The van der Waals surface area contributed by atoms with Crippen molar-refractivity contribution < 1.29 is 19.0 Å². The summed E-state index contributed by atoms with van der Waals surface area (Å²) < 4.78 is 20.6. The van der Waals surface area contributed by atoms with Gasteiger partial charge in [-0.2, -0.15) is 0 Å². The molecule has 0 spiro atoms. The molecule has 1 N–H and O–H groups in total. The monoisotopic (exact) mass is 435 g/mol. The molecule has 0 aromatic heterocycles. The van der Waals surface area contributed by atoms with Gasteiger partial charge < -0.3 is 14.7 Å². The molecule has 0 bridgehead atoms. The highest BCUT2D eigenvalue weighted by atomic mass is 79.9. The Balaban J connectivity index is 1.77. The highest BCUT2D eigenvalue weighted by Gasteiger charge is 2.38. The number of ether oxygens (including phenoxy) is 1. The molecule has 27 heavy (non-hydrogen) atoms. The Labute approximate surface area is 167 Å². The molecule has 1 atom stereocenters. The van der Waals surface area contributed by atoms with Gasteiger partial charge in [-0.05, 0) is 49.1 Å². The minimum absolute atomic E-state index is 0.244. The normalized spacial score (nSPS) is 17.5. The molecule has 6 heteroatoms. The molecule has 1 amide bonds. The third-order valence-corrected chi connectivity index (χ3v) is 5.80. The van der Waals surface area contributed by atoms with Crippen LogP contribution >= 0.6 is 15.9 Å². The van der Waals surface area contributed by atoms with E-state index in [9.17, 15) is 14.3 Å². The molecule has 144 valence electrons. The lowest BCUT2D eigenvalue weighted by Crippen LogP contribution is -2.47. The molecular weight excluding hydrogens is 413 g/mol. The fourth-order valence-corrected chi connectivity index (χ4v) is 4.11. The van der Waals surface area contributed by atoms with Gasteiger partial charge in [0.2, 0.25) is 0 Å². The van der Waals surface area contributed by atoms with Crippen molar-refractivity contribution in [3.63, 3.8) is 0 Å². The van der Waals surface area contributed by atoms with Crippen LogP contribution in [-0.2, 0) is 10.2 Å². The smallest absolute Gasteiger partial charge is 0.407 e. The Bertz CT molecular complexity index is 771. The second kappa shape index (κ2) is 8.40. The highest BCUT2D eigenvalue weighted by Crippen LogP contribution is 2.37. The van der Waals surface area contributed by atoms with Crippen molar-refractivity contribution in [1.29, 1.82) is 0 Å². The Morgan fingerprint density at radius 2 is 1.93 bits per heavy atom. The number of rotatable bonds is 5. The number of hydrogen-bond acceptors (Lipinski definition) is 2. The van der Waals surface area contributed by atoms with Crippen molar-refractivity contribution in [3.05, 3.63) is 69.9 Å². The summed E-state index contributed by atoms with van der Waals surface area (Å²) in [5, 5.41) is 9.25. The van der Waals surface area contributed by atoms with E-state index in [2.05, 4.69) is 28.1 Å². The molecule has 1 heterocycles.